The molecule has 0 aliphatic carbocycles. The summed E-state index contributed by atoms with van der Waals surface area (Å²) in [6.45, 7) is 1.99. The normalized spacial score (nSPS) is 12.4. The lowest BCUT2D eigenvalue weighted by Crippen LogP contribution is -2.02. The Morgan fingerprint density at radius 3 is 2.31 bits per heavy atom. The van der Waals surface area contributed by atoms with Crippen LogP contribution in [0.3, 0.4) is 0 Å². The Morgan fingerprint density at radius 1 is 1.00 bits per heavy atom. The second-order valence-corrected chi connectivity index (χ2v) is 5.13. The van der Waals surface area contributed by atoms with Gasteiger partial charge in [-0.3, -0.25) is 0 Å². The fourth-order valence-electron chi connectivity index (χ4n) is 1.46. The van der Waals surface area contributed by atoms with Gasteiger partial charge in [0.25, 0.3) is 0 Å². The summed E-state index contributed by atoms with van der Waals surface area (Å²) in [7, 11) is 0. The van der Waals surface area contributed by atoms with Gasteiger partial charge in [-0.15, -0.1) is 0 Å². The van der Waals surface area contributed by atoms with E-state index in [1.165, 1.54) is 0 Å². The van der Waals surface area contributed by atoms with Crippen molar-refractivity contribution < 1.29 is 4.55 Å². The third-order valence-electron chi connectivity index (χ3n) is 2.30. The highest BCUT2D eigenvalue weighted by Gasteiger charge is 2.13. The van der Waals surface area contributed by atoms with E-state index in [0.717, 1.165) is 15.4 Å². The molecule has 0 fully saturated rings. The highest BCUT2D eigenvalue weighted by molar-refractivity contribution is 7.91. The number of hydrogen-bond donors (Lipinski definition) is 1. The van der Waals surface area contributed by atoms with Crippen LogP contribution in [0.5, 0.6) is 0 Å². The van der Waals surface area contributed by atoms with E-state index in [1.54, 1.807) is 24.3 Å². The second kappa shape index (κ2) is 4.60. The molecule has 0 spiro atoms. The molecule has 1 unspecified atom stereocenters. The summed E-state index contributed by atoms with van der Waals surface area (Å²) < 4.78 is 12.2. The van der Waals surface area contributed by atoms with Crippen molar-refractivity contribution in [2.45, 2.75) is 16.7 Å². The number of aryl methyl sites for hydroxylation is 1. The maximum Gasteiger partial charge on any atom is 0.158 e. The first-order valence-corrected chi connectivity index (χ1v) is 6.16. The smallest absolute Gasteiger partial charge is 0.158 e. The molecule has 0 saturated heterocycles. The van der Waals surface area contributed by atoms with Crippen molar-refractivity contribution in [3.8, 4) is 0 Å². The first-order valence-electron chi connectivity index (χ1n) is 5.01. The number of rotatable bonds is 2. The first kappa shape index (κ1) is 11.0. The van der Waals surface area contributed by atoms with Gasteiger partial charge >= 0.3 is 0 Å². The van der Waals surface area contributed by atoms with Gasteiger partial charge in [-0.05, 0) is 48.9 Å². The van der Waals surface area contributed by atoms with Crippen molar-refractivity contribution in [2.75, 3.05) is 5.73 Å². The van der Waals surface area contributed by atoms with E-state index < -0.39 is 11.2 Å². The van der Waals surface area contributed by atoms with E-state index in [4.69, 9.17) is 5.73 Å². The molecule has 82 valence electrons. The summed E-state index contributed by atoms with van der Waals surface area (Å²) >= 11 is -1.12. The molecule has 0 aliphatic heterocycles. The summed E-state index contributed by atoms with van der Waals surface area (Å²) in [5.74, 6) is 0. The Kier molecular flexibility index (Phi) is 3.17. The SMILES string of the molecule is Cc1cccc([S+]([O-])c2ccc(N)cc2)c1. The minimum absolute atomic E-state index is 0.685. The van der Waals surface area contributed by atoms with Crippen LogP contribution in [0.2, 0.25) is 0 Å². The predicted molar refractivity (Wildman–Crippen MR) is 66.7 cm³/mol. The average Bonchev–Trinajstić information content (AvgIpc) is 2.29. The monoisotopic (exact) mass is 231 g/mol. The lowest BCUT2D eigenvalue weighted by Gasteiger charge is -2.10. The Hall–Kier alpha value is -1.45. The molecule has 2 aromatic rings. The van der Waals surface area contributed by atoms with E-state index >= 15 is 0 Å². The molecular weight excluding hydrogens is 218 g/mol. The van der Waals surface area contributed by atoms with Crippen molar-refractivity contribution in [2.24, 2.45) is 0 Å². The largest absolute Gasteiger partial charge is 0.606 e. The average molecular weight is 231 g/mol. The van der Waals surface area contributed by atoms with Crippen LogP contribution >= 0.6 is 0 Å². The molecule has 2 rings (SSSR count). The molecule has 0 aromatic heterocycles. The molecule has 0 amide bonds. The zero-order chi connectivity index (χ0) is 11.5. The quantitative estimate of drug-likeness (QED) is 0.638. The van der Waals surface area contributed by atoms with Crippen molar-refractivity contribution in [1.29, 1.82) is 0 Å². The molecule has 16 heavy (non-hydrogen) atoms. The molecule has 2 aromatic carbocycles. The summed E-state index contributed by atoms with van der Waals surface area (Å²) in [6.07, 6.45) is 0. The van der Waals surface area contributed by atoms with Gasteiger partial charge in [0.1, 0.15) is 0 Å². The number of nitrogen functional groups attached to an aromatic ring is 1. The van der Waals surface area contributed by atoms with Gasteiger partial charge in [0.15, 0.2) is 9.79 Å². The van der Waals surface area contributed by atoms with Crippen LogP contribution in [0, 0.1) is 6.92 Å². The van der Waals surface area contributed by atoms with E-state index in [1.807, 2.05) is 31.2 Å². The van der Waals surface area contributed by atoms with E-state index in [9.17, 15) is 4.55 Å². The highest BCUT2D eigenvalue weighted by Crippen LogP contribution is 2.22. The van der Waals surface area contributed by atoms with Crippen molar-refractivity contribution in [3.05, 3.63) is 54.1 Å². The minimum atomic E-state index is -1.12. The van der Waals surface area contributed by atoms with Crippen LogP contribution in [0.4, 0.5) is 5.69 Å². The standard InChI is InChI=1S/C13H13NOS/c1-10-3-2-4-13(9-10)16(15)12-7-5-11(14)6-8-12/h2-9H,14H2,1H3. The number of hydrogen-bond acceptors (Lipinski definition) is 2. The predicted octanol–water partition coefficient (Wildman–Crippen LogP) is 2.74. The topological polar surface area (TPSA) is 49.1 Å². The fourth-order valence-corrected chi connectivity index (χ4v) is 2.61. The van der Waals surface area contributed by atoms with E-state index in [2.05, 4.69) is 0 Å². The van der Waals surface area contributed by atoms with Gasteiger partial charge in [0.2, 0.25) is 0 Å². The lowest BCUT2D eigenvalue weighted by molar-refractivity contribution is 0.595. The first-order chi connectivity index (χ1) is 7.66. The van der Waals surface area contributed by atoms with Crippen LogP contribution in [0.15, 0.2) is 58.3 Å². The maximum absolute atomic E-state index is 12.2. The van der Waals surface area contributed by atoms with Gasteiger partial charge in [-0.1, -0.05) is 12.1 Å². The molecule has 2 N–H and O–H groups in total. The van der Waals surface area contributed by atoms with Gasteiger partial charge in [0, 0.05) is 16.9 Å². The van der Waals surface area contributed by atoms with E-state index in [-0.39, 0.29) is 0 Å². The molecule has 0 heterocycles. The Bertz CT molecular complexity index is 482. The molecule has 0 bridgehead atoms. The number of benzene rings is 2. The fraction of sp³-hybridized carbons (Fsp3) is 0.0769. The van der Waals surface area contributed by atoms with Gasteiger partial charge in [-0.25, -0.2) is 0 Å². The molecule has 1 atom stereocenters. The van der Waals surface area contributed by atoms with Crippen LogP contribution in [-0.2, 0) is 11.2 Å². The summed E-state index contributed by atoms with van der Waals surface area (Å²) in [6, 6.07) is 14.9. The third kappa shape index (κ3) is 2.38. The number of anilines is 1. The molecule has 3 heteroatoms. The Morgan fingerprint density at radius 2 is 1.69 bits per heavy atom. The minimum Gasteiger partial charge on any atom is -0.606 e. The second-order valence-electron chi connectivity index (χ2n) is 3.65. The van der Waals surface area contributed by atoms with Gasteiger partial charge in [0.05, 0.1) is 0 Å². The molecule has 0 saturated carbocycles. The summed E-state index contributed by atoms with van der Waals surface area (Å²) in [5, 5.41) is 0. The summed E-state index contributed by atoms with van der Waals surface area (Å²) in [5.41, 5.74) is 7.39. The van der Waals surface area contributed by atoms with Crippen molar-refractivity contribution in [3.63, 3.8) is 0 Å². The third-order valence-corrected chi connectivity index (χ3v) is 3.68. The molecule has 0 radical (unpaired) electrons. The van der Waals surface area contributed by atoms with Gasteiger partial charge in [-0.2, -0.15) is 0 Å². The molecule has 2 nitrogen and oxygen atoms in total. The van der Waals surface area contributed by atoms with Crippen molar-refractivity contribution in [1.82, 2.24) is 0 Å². The molecule has 0 aliphatic rings. The number of nitrogens with two attached hydrogens (primary N) is 1. The highest BCUT2D eigenvalue weighted by atomic mass is 32.2. The van der Waals surface area contributed by atoms with Crippen molar-refractivity contribution >= 4 is 16.9 Å². The summed E-state index contributed by atoms with van der Waals surface area (Å²) in [4.78, 5) is 1.60. The van der Waals surface area contributed by atoms with E-state index in [0.29, 0.717) is 5.69 Å². The zero-order valence-electron chi connectivity index (χ0n) is 9.01. The van der Waals surface area contributed by atoms with Gasteiger partial charge < -0.3 is 10.3 Å². The molecular formula is C13H13NOS. The van der Waals surface area contributed by atoms with Crippen LogP contribution in [-0.4, -0.2) is 4.55 Å². The Labute approximate surface area is 98.3 Å². The lowest BCUT2D eigenvalue weighted by atomic mass is 10.2. The maximum atomic E-state index is 12.2. The van der Waals surface area contributed by atoms with Crippen LogP contribution < -0.4 is 5.73 Å². The van der Waals surface area contributed by atoms with Crippen LogP contribution in [0.1, 0.15) is 5.56 Å². The van der Waals surface area contributed by atoms with Crippen LogP contribution in [0.25, 0.3) is 0 Å². The Balaban J connectivity index is 2.31. The zero-order valence-corrected chi connectivity index (χ0v) is 9.83.